The van der Waals surface area contributed by atoms with Crippen LogP contribution in [0.4, 0.5) is 0 Å². The smallest absolute Gasteiger partial charge is 0.155 e. The maximum atomic E-state index is 10.7. The molecule has 5 heteroatoms. The molecule has 0 heterocycles. The Morgan fingerprint density at radius 2 is 1.55 bits per heavy atom. The Labute approximate surface area is 80.3 Å². The fourth-order valence-corrected chi connectivity index (χ4v) is 0.414. The molecule has 0 saturated heterocycles. The maximum absolute atomic E-state index is 10.7. The summed E-state index contributed by atoms with van der Waals surface area (Å²) in [6, 6.07) is 0. The molecule has 0 saturated carbocycles. The third kappa shape index (κ3) is 2.88. The Hall–Kier alpha value is 0.0634. The van der Waals surface area contributed by atoms with Crippen molar-refractivity contribution in [2.45, 2.75) is 19.0 Å². The number of rotatable bonds is 3. The van der Waals surface area contributed by atoms with Crippen LogP contribution in [0.5, 0.6) is 0 Å². The molecule has 1 atom stereocenters. The van der Waals surface area contributed by atoms with E-state index < -0.39 is 16.7 Å². The minimum atomic E-state index is -1.50. The molecule has 0 aliphatic heterocycles. The number of hydrogen-bond donors (Lipinski definition) is 0. The van der Waals surface area contributed by atoms with Crippen LogP contribution in [0, 0.1) is 0 Å². The van der Waals surface area contributed by atoms with Gasteiger partial charge in [0.25, 0.3) is 0 Å². The predicted molar refractivity (Wildman–Crippen MR) is 39.9 cm³/mol. The summed E-state index contributed by atoms with van der Waals surface area (Å²) in [6.45, 7) is 2.42. The first-order valence-electron chi connectivity index (χ1n) is 2.72. The van der Waals surface area contributed by atoms with Crippen molar-refractivity contribution in [2.75, 3.05) is 0 Å². The molecule has 0 N–H and O–H groups in total. The number of aldehydes is 1. The van der Waals surface area contributed by atoms with E-state index in [-0.39, 0.29) is 19.5 Å². The van der Waals surface area contributed by atoms with Crippen molar-refractivity contribution in [3.05, 3.63) is 0 Å². The van der Waals surface area contributed by atoms with E-state index in [0.29, 0.717) is 6.29 Å². The zero-order valence-corrected chi connectivity index (χ0v) is 9.01. The Bertz CT molecular complexity index is 176. The van der Waals surface area contributed by atoms with Gasteiger partial charge in [-0.15, -0.1) is 9.24 Å². The fourth-order valence-electron chi connectivity index (χ4n) is 0.414. The van der Waals surface area contributed by atoms with E-state index in [1.807, 2.05) is 9.24 Å². The maximum Gasteiger partial charge on any atom is 0.155 e. The van der Waals surface area contributed by atoms with Crippen LogP contribution in [-0.2, 0) is 33.9 Å². The Morgan fingerprint density at radius 3 is 1.55 bits per heavy atom. The van der Waals surface area contributed by atoms with Gasteiger partial charge in [0, 0.05) is 19.5 Å². The molecule has 11 heavy (non-hydrogen) atoms. The number of carbonyl (C=O) groups is 3. The van der Waals surface area contributed by atoms with Gasteiger partial charge in [0.1, 0.15) is 6.29 Å². The molecule has 0 aromatic rings. The molecular formula is C6H9O3PRh. The molecule has 0 fully saturated rings. The topological polar surface area (TPSA) is 51.2 Å². The molecule has 65 valence electrons. The molecule has 0 amide bonds. The summed E-state index contributed by atoms with van der Waals surface area (Å²) < 4.78 is 0. The summed E-state index contributed by atoms with van der Waals surface area (Å²) in [5, 5.41) is -1.50. The van der Waals surface area contributed by atoms with Gasteiger partial charge in [0.05, 0.1) is 0 Å². The summed E-state index contributed by atoms with van der Waals surface area (Å²) in [6.07, 6.45) is 0.350. The molecule has 0 bridgehead atoms. The first kappa shape index (κ1) is 13.6. The quantitative estimate of drug-likeness (QED) is 0.311. The van der Waals surface area contributed by atoms with Gasteiger partial charge in [0.15, 0.2) is 16.7 Å². The second kappa shape index (κ2) is 4.84. The second-order valence-corrected chi connectivity index (χ2v) is 3.01. The van der Waals surface area contributed by atoms with Crippen LogP contribution in [0.15, 0.2) is 0 Å². The largest absolute Gasteiger partial charge is 0.301 e. The average molecular weight is 263 g/mol. The normalized spacial score (nSPS) is 9.73. The van der Waals surface area contributed by atoms with Crippen molar-refractivity contribution >= 4 is 27.1 Å². The van der Waals surface area contributed by atoms with Crippen LogP contribution in [-0.4, -0.2) is 23.0 Å². The van der Waals surface area contributed by atoms with E-state index in [4.69, 9.17) is 0 Å². The summed E-state index contributed by atoms with van der Waals surface area (Å²) >= 11 is 0. The first-order valence-corrected chi connectivity index (χ1v) is 3.30. The van der Waals surface area contributed by atoms with E-state index in [0.717, 1.165) is 0 Å². The minimum absolute atomic E-state index is 0. The van der Waals surface area contributed by atoms with E-state index in [9.17, 15) is 14.4 Å². The first-order chi connectivity index (χ1) is 4.45. The molecule has 0 aliphatic rings. The van der Waals surface area contributed by atoms with Gasteiger partial charge in [-0.25, -0.2) is 0 Å². The third-order valence-electron chi connectivity index (χ3n) is 1.35. The van der Waals surface area contributed by atoms with Crippen LogP contribution >= 0.6 is 9.24 Å². The molecule has 0 rings (SSSR count). The van der Waals surface area contributed by atoms with E-state index in [1.165, 1.54) is 13.8 Å². The van der Waals surface area contributed by atoms with Gasteiger partial charge in [-0.3, -0.25) is 9.59 Å². The van der Waals surface area contributed by atoms with Crippen LogP contribution < -0.4 is 0 Å². The van der Waals surface area contributed by atoms with Crippen molar-refractivity contribution in [3.63, 3.8) is 0 Å². The molecule has 1 radical (unpaired) electrons. The van der Waals surface area contributed by atoms with Gasteiger partial charge in [-0.05, 0) is 13.8 Å². The average Bonchev–Trinajstić information content (AvgIpc) is 1.85. The summed E-state index contributed by atoms with van der Waals surface area (Å²) in [4.78, 5) is 31.6. The van der Waals surface area contributed by atoms with Gasteiger partial charge in [0.2, 0.25) is 0 Å². The Balaban J connectivity index is 0. The van der Waals surface area contributed by atoms with Crippen LogP contribution in [0.25, 0.3) is 0 Å². The fraction of sp³-hybridized carbons (Fsp3) is 0.500. The summed E-state index contributed by atoms with van der Waals surface area (Å²) in [7, 11) is 1.96. The van der Waals surface area contributed by atoms with E-state index >= 15 is 0 Å². The zero-order chi connectivity index (χ0) is 8.36. The van der Waals surface area contributed by atoms with Crippen molar-refractivity contribution in [1.29, 1.82) is 0 Å². The van der Waals surface area contributed by atoms with Gasteiger partial charge in [-0.2, -0.15) is 0 Å². The van der Waals surface area contributed by atoms with Crippen molar-refractivity contribution in [1.82, 2.24) is 0 Å². The molecule has 0 aliphatic carbocycles. The van der Waals surface area contributed by atoms with Crippen LogP contribution in [0.3, 0.4) is 0 Å². The van der Waals surface area contributed by atoms with Crippen LogP contribution in [0.1, 0.15) is 13.8 Å². The molecule has 0 aromatic heterocycles. The van der Waals surface area contributed by atoms with Crippen molar-refractivity contribution < 1.29 is 33.9 Å². The number of carbonyl (C=O) groups excluding carboxylic acids is 3. The zero-order valence-electron chi connectivity index (χ0n) is 6.21. The SMILES string of the molecule is CC(=O)C(P)(C=O)C(C)=O.[Rh]. The number of hydrogen-bond acceptors (Lipinski definition) is 3. The predicted octanol–water partition coefficient (Wildman–Crippen LogP) is -0.0253. The Kier molecular flexibility index (Phi) is 6.01. The standard InChI is InChI=1S/C6H9O3P.Rh/c1-4(8)6(10,3-7)5(2)9;/h3H,10H2,1-2H3;. The second-order valence-electron chi connectivity index (χ2n) is 2.10. The molecular weight excluding hydrogens is 254 g/mol. The molecule has 1 unspecified atom stereocenters. The monoisotopic (exact) mass is 263 g/mol. The van der Waals surface area contributed by atoms with Crippen molar-refractivity contribution in [2.24, 2.45) is 0 Å². The van der Waals surface area contributed by atoms with E-state index in [2.05, 4.69) is 0 Å². The molecule has 0 spiro atoms. The van der Waals surface area contributed by atoms with Gasteiger partial charge < -0.3 is 4.79 Å². The minimum Gasteiger partial charge on any atom is -0.301 e. The summed E-state index contributed by atoms with van der Waals surface area (Å²) in [5.74, 6) is -0.889. The van der Waals surface area contributed by atoms with Crippen molar-refractivity contribution in [3.8, 4) is 0 Å². The number of ketones is 2. The third-order valence-corrected chi connectivity index (χ3v) is 2.30. The van der Waals surface area contributed by atoms with Crippen LogP contribution in [0.2, 0.25) is 0 Å². The number of Topliss-reactive ketones (excluding diaryl/α,β-unsaturated/α-hetero) is 2. The van der Waals surface area contributed by atoms with E-state index in [1.54, 1.807) is 0 Å². The van der Waals surface area contributed by atoms with Gasteiger partial charge >= 0.3 is 0 Å². The Morgan fingerprint density at radius 1 is 1.27 bits per heavy atom. The molecule has 3 nitrogen and oxygen atoms in total. The molecule has 0 aromatic carbocycles. The van der Waals surface area contributed by atoms with Gasteiger partial charge in [-0.1, -0.05) is 0 Å². The summed E-state index contributed by atoms with van der Waals surface area (Å²) in [5.41, 5.74) is 0.